The maximum atomic E-state index is 15.6. The molecule has 1 aliphatic heterocycles. The zero-order chi connectivity index (χ0) is 77.6. The van der Waals surface area contributed by atoms with Gasteiger partial charge in [-0.15, -0.1) is 0 Å². The summed E-state index contributed by atoms with van der Waals surface area (Å²) in [5.74, 6) is -14.7. The zero-order valence-electron chi connectivity index (χ0n) is 58.8. The number of carbonyl (C=O) groups is 13. The molecule has 1 aliphatic rings. The molecule has 35 heteroatoms. The second-order valence-electron chi connectivity index (χ2n) is 25.4. The van der Waals surface area contributed by atoms with E-state index in [0.717, 1.165) is 42.2 Å². The lowest BCUT2D eigenvalue weighted by Gasteiger charge is -2.34. The molecule has 19 N–H and O–H groups in total. The van der Waals surface area contributed by atoms with E-state index in [9.17, 15) is 82.8 Å². The number of aliphatic carboxylic acids is 2. The van der Waals surface area contributed by atoms with E-state index in [2.05, 4.69) is 63.1 Å². The predicted octanol–water partition coefficient (Wildman–Crippen LogP) is -0.593. The van der Waals surface area contributed by atoms with Gasteiger partial charge in [0.1, 0.15) is 65.4 Å². The number of methoxy groups -OCH3 is 1. The fourth-order valence-corrected chi connectivity index (χ4v) is 13.4. The summed E-state index contributed by atoms with van der Waals surface area (Å²) in [7, 11) is 3.90. The van der Waals surface area contributed by atoms with E-state index in [0.29, 0.717) is 36.3 Å². The van der Waals surface area contributed by atoms with E-state index >= 15 is 4.39 Å². The second-order valence-corrected chi connectivity index (χ2v) is 28.1. The van der Waals surface area contributed by atoms with E-state index in [1.165, 1.54) is 52.3 Å². The van der Waals surface area contributed by atoms with Crippen LogP contribution in [0.4, 0.5) is 4.39 Å². The average molecular weight is 1510 g/mol. The number of aromatic amines is 1. The van der Waals surface area contributed by atoms with Crippen molar-refractivity contribution in [2.75, 3.05) is 31.8 Å². The van der Waals surface area contributed by atoms with Gasteiger partial charge in [-0.1, -0.05) is 107 Å². The van der Waals surface area contributed by atoms with Crippen molar-refractivity contribution in [3.63, 3.8) is 0 Å². The van der Waals surface area contributed by atoms with Crippen LogP contribution >= 0.6 is 21.6 Å². The van der Waals surface area contributed by atoms with Gasteiger partial charge in [-0.25, -0.2) is 9.37 Å². The number of hydrogen-bond donors (Lipinski definition) is 17. The monoisotopic (exact) mass is 1510 g/mol. The van der Waals surface area contributed by atoms with Gasteiger partial charge in [0.25, 0.3) is 0 Å². The van der Waals surface area contributed by atoms with Gasteiger partial charge < -0.3 is 94.8 Å². The molecule has 4 aromatic carbocycles. The average Bonchev–Trinajstić information content (AvgIpc) is 0.848. The zero-order valence-corrected chi connectivity index (χ0v) is 60.4. The van der Waals surface area contributed by atoms with Crippen LogP contribution in [0.5, 0.6) is 5.75 Å². The predicted molar refractivity (Wildman–Crippen MR) is 387 cm³/mol. The molecule has 1 fully saturated rings. The molecule has 0 saturated carbocycles. The molecule has 0 unspecified atom stereocenters. The van der Waals surface area contributed by atoms with Crippen molar-refractivity contribution in [1.82, 2.24) is 63.1 Å². The first kappa shape index (κ1) is 84.4. The van der Waals surface area contributed by atoms with Gasteiger partial charge >= 0.3 is 11.9 Å². The van der Waals surface area contributed by atoms with Crippen LogP contribution in [0.2, 0.25) is 0 Å². The van der Waals surface area contributed by atoms with Crippen LogP contribution in [0.1, 0.15) is 93.7 Å². The fourth-order valence-electron chi connectivity index (χ4n) is 11.2. The highest BCUT2D eigenvalue weighted by Crippen LogP contribution is 2.29. The number of H-pyrrole nitrogens is 1. The highest BCUT2D eigenvalue weighted by molar-refractivity contribution is 8.76. The second kappa shape index (κ2) is 41.9. The summed E-state index contributed by atoms with van der Waals surface area (Å²) in [6, 6.07) is 12.4. The van der Waals surface area contributed by atoms with Gasteiger partial charge in [-0.2, -0.15) is 0 Å². The number of amides is 11. The Morgan fingerprint density at radius 1 is 0.745 bits per heavy atom. The first-order chi connectivity index (χ1) is 50.5. The molecule has 5 aromatic rings. The number of aliphatic hydroxyl groups is 2. The molecular formula is C71H91FN14O18S2. The Kier molecular flexibility index (Phi) is 33.3. The van der Waals surface area contributed by atoms with Gasteiger partial charge in [0.05, 0.1) is 45.2 Å². The number of carboxylic acids is 2. The Morgan fingerprint density at radius 3 is 2.03 bits per heavy atom. The number of nitrogens with two attached hydrogens (primary N) is 2. The number of aryl methyl sites for hydroxylation is 2. The smallest absolute Gasteiger partial charge is 0.305 e. The number of aromatic nitrogens is 2. The summed E-state index contributed by atoms with van der Waals surface area (Å²) >= 11 is 0. The number of rotatable bonds is 35. The van der Waals surface area contributed by atoms with Crippen molar-refractivity contribution >= 4 is 98.5 Å². The third kappa shape index (κ3) is 26.6. The summed E-state index contributed by atoms with van der Waals surface area (Å²) in [4.78, 5) is 185. The van der Waals surface area contributed by atoms with E-state index in [4.69, 9.17) is 16.2 Å². The number of carboxylic acid groups (broad SMARTS) is 2. The number of nitrogens with zero attached hydrogens (tertiary/aromatic N) is 1. The van der Waals surface area contributed by atoms with Crippen LogP contribution in [0.15, 0.2) is 110 Å². The number of aliphatic hydroxyl groups excluding tert-OH is 2. The Balaban J connectivity index is 1.20. The first-order valence-corrected chi connectivity index (χ1v) is 36.5. The summed E-state index contributed by atoms with van der Waals surface area (Å²) in [5, 5.41) is 65.4. The maximum Gasteiger partial charge on any atom is 0.305 e. The van der Waals surface area contributed by atoms with Crippen molar-refractivity contribution in [2.45, 2.75) is 164 Å². The lowest BCUT2D eigenvalue weighted by Crippen LogP contribution is -2.66. The van der Waals surface area contributed by atoms with E-state index < -0.39 is 188 Å². The van der Waals surface area contributed by atoms with E-state index in [1.54, 1.807) is 37.4 Å². The SMILES string of the molecule is CCc1cc(OC)ccc1-c1ccc(C[C@H](NC(=O)[C@H](CC(=O)O)NC(=O)[C@H](CO)NC(=O)[C@@H](NC(=O)[C@](C)(Cc2ccccc2F)NC(=O)[C@@H]2CCSSCC[C@H](NC(=O)[C@@H](N)Cc3cnc[nH]3)C(=O)N[C@@H](CCC(=O)O)C(=O)NCC(=O)N2)[C@@H](C)O)C(=O)N[C@@H](CCCc2ccccc2)C(N)=O)cc1. The number of primary amides is 1. The molecule has 11 atom stereocenters. The van der Waals surface area contributed by atoms with Crippen LogP contribution in [0.25, 0.3) is 11.1 Å². The summed E-state index contributed by atoms with van der Waals surface area (Å²) in [6.07, 6.45) is -0.757. The van der Waals surface area contributed by atoms with Gasteiger partial charge in [0.15, 0.2) is 0 Å². The normalized spacial score (nSPS) is 17.7. The van der Waals surface area contributed by atoms with Crippen LogP contribution < -0.4 is 69.4 Å². The van der Waals surface area contributed by atoms with Gasteiger partial charge in [-0.3, -0.25) is 62.3 Å². The molecule has 1 saturated heterocycles. The molecule has 106 heavy (non-hydrogen) atoms. The maximum absolute atomic E-state index is 15.6. The minimum Gasteiger partial charge on any atom is -0.497 e. The Labute approximate surface area is 618 Å². The lowest BCUT2D eigenvalue weighted by atomic mass is 9.90. The van der Waals surface area contributed by atoms with E-state index in [-0.39, 0.29) is 49.2 Å². The van der Waals surface area contributed by atoms with Crippen LogP contribution in [0, 0.1) is 5.82 Å². The number of benzene rings is 4. The molecule has 32 nitrogen and oxygen atoms in total. The number of hydrogen-bond acceptors (Lipinski definition) is 20. The number of halogens is 1. The van der Waals surface area contributed by atoms with Gasteiger partial charge in [0.2, 0.25) is 65.0 Å². The summed E-state index contributed by atoms with van der Waals surface area (Å²) in [6.45, 7) is 2.04. The van der Waals surface area contributed by atoms with Crippen molar-refractivity contribution < 1.29 is 91.9 Å². The Morgan fingerprint density at radius 2 is 1.40 bits per heavy atom. The number of nitrogens with one attached hydrogen (secondary N) is 11. The van der Waals surface area contributed by atoms with Crippen molar-refractivity contribution in [1.29, 1.82) is 0 Å². The van der Waals surface area contributed by atoms with Gasteiger partial charge in [0, 0.05) is 49.1 Å². The largest absolute Gasteiger partial charge is 0.497 e. The molecular weight excluding hydrogens is 1420 g/mol. The standard InChI is InChI=1S/C71H91FN14O18S2/c1-5-42-31-46(104-4)22-23-47(42)43-20-18-41(19-21-43)30-54(65(98)79-50(61(74)94)17-11-14-40-12-7-6-8-13-40)82-66(99)55(33-59(92)93)83-67(100)56(37-87)84-69(102)60(39(2)88)85-70(103)71(3,34-44-15-9-10-16-48(44)72)86-68(101)53-27-29-106-105-28-26-52(80-62(95)49(73)32-45-35-75-38-77-45)64(97)81-51(24-25-58(90)91)63(96)76-36-57(89)78-53/h6-10,12-13,15-16,18-23,31,35,38-39,49-56,60,87-88H,5,11,14,17,24-30,32-34,36-37,73H2,1-4H3,(H2,74,94)(H,75,77)(H,76,96)(H,78,89)(H,79,98)(H,80,95)(H,81,97)(H,82,99)(H,83,100)(H,84,102)(H,85,103)(H,86,101)(H,90,91)(H,92,93)/t39-,49+,50+,51+,52+,53+,54+,55+,56+,60+,71+/m1/s1. The van der Waals surface area contributed by atoms with Crippen molar-refractivity contribution in [3.8, 4) is 16.9 Å². The lowest BCUT2D eigenvalue weighted by molar-refractivity contribution is -0.142. The van der Waals surface area contributed by atoms with Crippen molar-refractivity contribution in [3.05, 3.63) is 143 Å². The van der Waals surface area contributed by atoms with Crippen LogP contribution in [-0.4, -0.2) is 205 Å². The number of imidazole rings is 1. The highest BCUT2D eigenvalue weighted by Gasteiger charge is 2.42. The minimum atomic E-state index is -2.32. The minimum absolute atomic E-state index is 0.0128. The number of ether oxygens (including phenoxy) is 1. The third-order valence-electron chi connectivity index (χ3n) is 17.2. The molecule has 0 bridgehead atoms. The molecule has 11 amide bonds. The first-order valence-electron chi connectivity index (χ1n) is 34.1. The van der Waals surface area contributed by atoms with Crippen molar-refractivity contribution in [2.24, 2.45) is 11.5 Å². The van der Waals surface area contributed by atoms with Crippen LogP contribution in [0.3, 0.4) is 0 Å². The fraction of sp³-hybridized carbons (Fsp3) is 0.437. The van der Waals surface area contributed by atoms with Gasteiger partial charge in [-0.05, 0) is 110 Å². The Bertz CT molecular complexity index is 3880. The number of carbonyl (C=O) groups excluding carboxylic acids is 11. The quantitative estimate of drug-likeness (QED) is 0.0225. The molecule has 6 rings (SSSR count). The molecule has 572 valence electrons. The highest BCUT2D eigenvalue weighted by atomic mass is 33.1. The topological polar surface area (TPSA) is 513 Å². The summed E-state index contributed by atoms with van der Waals surface area (Å²) in [5.41, 5.74) is 14.1. The summed E-state index contributed by atoms with van der Waals surface area (Å²) < 4.78 is 21.0. The molecule has 0 radical (unpaired) electrons. The Hall–Kier alpha value is -10.5. The molecule has 2 heterocycles. The van der Waals surface area contributed by atoms with E-state index in [1.807, 2.05) is 49.4 Å². The molecule has 0 aliphatic carbocycles. The third-order valence-corrected chi connectivity index (χ3v) is 19.6. The molecule has 1 aromatic heterocycles. The molecule has 0 spiro atoms. The van der Waals surface area contributed by atoms with Crippen LogP contribution in [-0.2, 0) is 94.4 Å².